The minimum absolute atomic E-state index is 0.0962. The summed E-state index contributed by atoms with van der Waals surface area (Å²) in [6.45, 7) is 1.07. The van der Waals surface area contributed by atoms with Gasteiger partial charge >= 0.3 is 6.09 Å². The molecule has 2 aromatic rings. The zero-order valence-corrected chi connectivity index (χ0v) is 13.8. The number of carbonyl (C=O) groups is 1. The highest BCUT2D eigenvalue weighted by Crippen LogP contribution is 2.36. The number of likely N-dealkylation sites (tertiary alicyclic amines) is 1. The smallest absolute Gasteiger partial charge is 0.410 e. The van der Waals surface area contributed by atoms with Crippen LogP contribution in [0.2, 0.25) is 0 Å². The van der Waals surface area contributed by atoms with Crippen LogP contribution in [0.25, 0.3) is 0 Å². The van der Waals surface area contributed by atoms with Crippen LogP contribution in [0.4, 0.5) is 4.79 Å². The molecule has 22 heavy (non-hydrogen) atoms. The van der Waals surface area contributed by atoms with Gasteiger partial charge < -0.3 is 9.64 Å². The molecule has 0 radical (unpaired) electrons. The quantitative estimate of drug-likeness (QED) is 0.777. The van der Waals surface area contributed by atoms with E-state index < -0.39 is 0 Å². The molecule has 1 amide bonds. The van der Waals surface area contributed by atoms with Gasteiger partial charge in [0.1, 0.15) is 6.61 Å². The summed E-state index contributed by atoms with van der Waals surface area (Å²) in [6, 6.07) is 17.9. The fraction of sp³-hybridized carbons (Fsp3) is 0.278. The second kappa shape index (κ2) is 6.97. The number of nitrogens with zero attached hydrogens (tertiary/aromatic N) is 1. The van der Waals surface area contributed by atoms with Crippen molar-refractivity contribution < 1.29 is 9.53 Å². The van der Waals surface area contributed by atoms with Gasteiger partial charge in [0.15, 0.2) is 0 Å². The van der Waals surface area contributed by atoms with Gasteiger partial charge in [-0.2, -0.15) is 0 Å². The Kier molecular flexibility index (Phi) is 4.78. The van der Waals surface area contributed by atoms with Crippen LogP contribution in [0.5, 0.6) is 0 Å². The highest BCUT2D eigenvalue weighted by Gasteiger charge is 2.32. The van der Waals surface area contributed by atoms with E-state index in [-0.39, 0.29) is 12.1 Å². The lowest BCUT2D eigenvalue weighted by molar-refractivity contribution is 0.0920. The number of carbonyl (C=O) groups excluding carboxylic acids is 1. The molecule has 0 aromatic heterocycles. The molecule has 1 aliphatic heterocycles. The molecule has 0 unspecified atom stereocenters. The number of hydrogen-bond acceptors (Lipinski definition) is 2. The molecule has 2 aromatic carbocycles. The molecule has 1 saturated heterocycles. The largest absolute Gasteiger partial charge is 0.445 e. The maximum Gasteiger partial charge on any atom is 0.410 e. The Bertz CT molecular complexity index is 645. The molecular weight excluding hydrogens is 342 g/mol. The standard InChI is InChI=1S/C18H18BrNO2/c19-16-10-5-4-9-15(16)17-11-6-12-20(17)18(21)22-13-14-7-2-1-3-8-14/h1-5,7-10,17H,6,11-13H2/t17-/m0/s1. The first-order valence-electron chi connectivity index (χ1n) is 7.47. The summed E-state index contributed by atoms with van der Waals surface area (Å²) in [5.41, 5.74) is 2.16. The summed E-state index contributed by atoms with van der Waals surface area (Å²) in [5, 5.41) is 0. The summed E-state index contributed by atoms with van der Waals surface area (Å²) in [4.78, 5) is 14.2. The summed E-state index contributed by atoms with van der Waals surface area (Å²) in [7, 11) is 0. The van der Waals surface area contributed by atoms with Crippen molar-refractivity contribution in [2.45, 2.75) is 25.5 Å². The van der Waals surface area contributed by atoms with Gasteiger partial charge in [0.25, 0.3) is 0 Å². The lowest BCUT2D eigenvalue weighted by Gasteiger charge is -2.25. The lowest BCUT2D eigenvalue weighted by atomic mass is 10.1. The van der Waals surface area contributed by atoms with Gasteiger partial charge in [0.2, 0.25) is 0 Å². The van der Waals surface area contributed by atoms with E-state index in [1.165, 1.54) is 0 Å². The number of amides is 1. The summed E-state index contributed by atoms with van der Waals surface area (Å²) >= 11 is 3.58. The van der Waals surface area contributed by atoms with Gasteiger partial charge in [-0.1, -0.05) is 64.5 Å². The van der Waals surface area contributed by atoms with Crippen LogP contribution in [-0.4, -0.2) is 17.5 Å². The monoisotopic (exact) mass is 359 g/mol. The number of benzene rings is 2. The number of halogens is 1. The van der Waals surface area contributed by atoms with Crippen molar-refractivity contribution in [3.05, 3.63) is 70.2 Å². The van der Waals surface area contributed by atoms with Gasteiger partial charge in [0.05, 0.1) is 6.04 Å². The van der Waals surface area contributed by atoms with Crippen LogP contribution in [0.1, 0.15) is 30.0 Å². The Balaban J connectivity index is 1.68. The third-order valence-corrected chi connectivity index (χ3v) is 4.68. The summed E-state index contributed by atoms with van der Waals surface area (Å²) < 4.78 is 6.52. The molecule has 4 heteroatoms. The zero-order chi connectivity index (χ0) is 15.4. The minimum atomic E-state index is -0.234. The molecule has 3 nitrogen and oxygen atoms in total. The van der Waals surface area contributed by atoms with E-state index in [0.29, 0.717) is 6.61 Å². The molecule has 0 spiro atoms. The average molecular weight is 360 g/mol. The average Bonchev–Trinajstić information content (AvgIpc) is 3.03. The van der Waals surface area contributed by atoms with Crippen LogP contribution in [-0.2, 0) is 11.3 Å². The van der Waals surface area contributed by atoms with Crippen LogP contribution >= 0.6 is 15.9 Å². The Hall–Kier alpha value is -1.81. The Labute approximate surface area is 139 Å². The number of hydrogen-bond donors (Lipinski definition) is 0. The second-order valence-electron chi connectivity index (χ2n) is 5.41. The highest BCUT2D eigenvalue weighted by atomic mass is 79.9. The topological polar surface area (TPSA) is 29.5 Å². The van der Waals surface area contributed by atoms with Crippen molar-refractivity contribution in [1.82, 2.24) is 4.90 Å². The lowest BCUT2D eigenvalue weighted by Crippen LogP contribution is -2.31. The van der Waals surface area contributed by atoms with Crippen molar-refractivity contribution in [2.24, 2.45) is 0 Å². The van der Waals surface area contributed by atoms with Crippen LogP contribution in [0, 0.1) is 0 Å². The first kappa shape index (κ1) is 15.1. The highest BCUT2D eigenvalue weighted by molar-refractivity contribution is 9.10. The molecule has 3 rings (SSSR count). The SMILES string of the molecule is O=C(OCc1ccccc1)N1CCC[C@H]1c1ccccc1Br. The van der Waals surface area contributed by atoms with Crippen molar-refractivity contribution in [3.63, 3.8) is 0 Å². The van der Waals surface area contributed by atoms with Crippen molar-refractivity contribution >= 4 is 22.0 Å². The molecule has 1 atom stereocenters. The Morgan fingerprint density at radius 3 is 2.64 bits per heavy atom. The fourth-order valence-corrected chi connectivity index (χ4v) is 3.41. The van der Waals surface area contributed by atoms with Crippen LogP contribution in [0.3, 0.4) is 0 Å². The van der Waals surface area contributed by atoms with Gasteiger partial charge in [0, 0.05) is 11.0 Å². The minimum Gasteiger partial charge on any atom is -0.445 e. The molecule has 1 heterocycles. The fourth-order valence-electron chi connectivity index (χ4n) is 2.86. The third kappa shape index (κ3) is 3.33. The van der Waals surface area contributed by atoms with Crippen molar-refractivity contribution in [2.75, 3.05) is 6.54 Å². The molecule has 1 aliphatic rings. The molecule has 0 aliphatic carbocycles. The second-order valence-corrected chi connectivity index (χ2v) is 6.27. The van der Waals surface area contributed by atoms with E-state index in [2.05, 4.69) is 22.0 Å². The Morgan fingerprint density at radius 1 is 1.14 bits per heavy atom. The van der Waals surface area contributed by atoms with Gasteiger partial charge in [-0.05, 0) is 30.0 Å². The van der Waals surface area contributed by atoms with E-state index in [1.807, 2.05) is 53.4 Å². The normalized spacial score (nSPS) is 17.5. The van der Waals surface area contributed by atoms with Gasteiger partial charge in [-0.15, -0.1) is 0 Å². The van der Waals surface area contributed by atoms with E-state index >= 15 is 0 Å². The molecular formula is C18H18BrNO2. The van der Waals surface area contributed by atoms with Gasteiger partial charge in [-0.3, -0.25) is 0 Å². The predicted molar refractivity (Wildman–Crippen MR) is 89.5 cm³/mol. The predicted octanol–water partition coefficient (Wildman–Crippen LogP) is 4.92. The maximum atomic E-state index is 12.4. The zero-order valence-electron chi connectivity index (χ0n) is 12.2. The third-order valence-electron chi connectivity index (χ3n) is 3.96. The van der Waals surface area contributed by atoms with Gasteiger partial charge in [-0.25, -0.2) is 4.79 Å². The molecule has 1 fully saturated rings. The molecule has 0 bridgehead atoms. The summed E-state index contributed by atoms with van der Waals surface area (Å²) in [6.07, 6.45) is 1.75. The van der Waals surface area contributed by atoms with Crippen LogP contribution < -0.4 is 0 Å². The molecule has 0 N–H and O–H groups in total. The Morgan fingerprint density at radius 2 is 1.86 bits per heavy atom. The van der Waals surface area contributed by atoms with Crippen molar-refractivity contribution in [1.29, 1.82) is 0 Å². The van der Waals surface area contributed by atoms with E-state index in [0.717, 1.165) is 35.0 Å². The number of ether oxygens (including phenoxy) is 1. The first-order valence-corrected chi connectivity index (χ1v) is 8.27. The maximum absolute atomic E-state index is 12.4. The van der Waals surface area contributed by atoms with E-state index in [1.54, 1.807) is 0 Å². The van der Waals surface area contributed by atoms with Crippen molar-refractivity contribution in [3.8, 4) is 0 Å². The number of rotatable bonds is 3. The summed E-state index contributed by atoms with van der Waals surface area (Å²) in [5.74, 6) is 0. The van der Waals surface area contributed by atoms with Crippen LogP contribution in [0.15, 0.2) is 59.1 Å². The van der Waals surface area contributed by atoms with E-state index in [4.69, 9.17) is 4.74 Å². The molecule has 0 saturated carbocycles. The first-order chi connectivity index (χ1) is 10.8. The van der Waals surface area contributed by atoms with E-state index in [9.17, 15) is 4.79 Å². The molecule has 114 valence electrons.